The number of rotatable bonds is 6. The Kier molecular flexibility index (Phi) is 6.49. The maximum atomic E-state index is 12.5. The molecule has 0 bridgehead atoms. The molecule has 0 saturated carbocycles. The van der Waals surface area contributed by atoms with Crippen LogP contribution in [0, 0.1) is 5.92 Å². The third kappa shape index (κ3) is 5.34. The molecular formula is C22H25N3O4. The Morgan fingerprint density at radius 3 is 2.48 bits per heavy atom. The van der Waals surface area contributed by atoms with Crippen molar-refractivity contribution < 1.29 is 19.1 Å². The molecule has 1 aliphatic rings. The van der Waals surface area contributed by atoms with Crippen molar-refractivity contribution in [3.8, 4) is 5.75 Å². The van der Waals surface area contributed by atoms with E-state index in [1.54, 1.807) is 29.2 Å². The maximum absolute atomic E-state index is 12.5. The molecule has 7 nitrogen and oxygen atoms in total. The van der Waals surface area contributed by atoms with Crippen molar-refractivity contribution in [2.24, 2.45) is 5.92 Å². The summed E-state index contributed by atoms with van der Waals surface area (Å²) in [6.07, 6.45) is 0.0420. The molecule has 2 aromatic rings. The number of nitrogens with one attached hydrogen (secondary N) is 2. The van der Waals surface area contributed by atoms with Crippen molar-refractivity contribution in [2.45, 2.75) is 32.9 Å². The van der Waals surface area contributed by atoms with Crippen LogP contribution in [0.25, 0.3) is 0 Å². The highest BCUT2D eigenvalue weighted by Crippen LogP contribution is 2.21. The number of hydrazine groups is 1. The van der Waals surface area contributed by atoms with Gasteiger partial charge in [-0.25, -0.2) is 0 Å². The van der Waals surface area contributed by atoms with Gasteiger partial charge in [-0.1, -0.05) is 42.5 Å². The molecule has 0 radical (unpaired) electrons. The van der Waals surface area contributed by atoms with E-state index in [0.29, 0.717) is 24.4 Å². The summed E-state index contributed by atoms with van der Waals surface area (Å²) in [7, 11) is 0. The predicted molar refractivity (Wildman–Crippen MR) is 108 cm³/mol. The van der Waals surface area contributed by atoms with Crippen molar-refractivity contribution >= 4 is 17.7 Å². The quantitative estimate of drug-likeness (QED) is 0.735. The molecule has 29 heavy (non-hydrogen) atoms. The zero-order valence-corrected chi connectivity index (χ0v) is 16.6. The first-order chi connectivity index (χ1) is 13.9. The number of nitrogens with zero attached hydrogens (tertiary/aromatic N) is 1. The number of carbonyl (C=O) groups excluding carboxylic acids is 3. The molecule has 3 rings (SSSR count). The van der Waals surface area contributed by atoms with Gasteiger partial charge in [-0.2, -0.15) is 0 Å². The van der Waals surface area contributed by atoms with E-state index < -0.39 is 11.8 Å². The third-order valence-corrected chi connectivity index (χ3v) is 4.60. The summed E-state index contributed by atoms with van der Waals surface area (Å²) in [4.78, 5) is 38.8. The number of para-hydroxylation sites is 1. The van der Waals surface area contributed by atoms with Gasteiger partial charge in [0.2, 0.25) is 11.8 Å². The van der Waals surface area contributed by atoms with Crippen molar-refractivity contribution in [3.63, 3.8) is 0 Å². The fraction of sp³-hybridized carbons (Fsp3) is 0.318. The number of hydrogen-bond acceptors (Lipinski definition) is 4. The lowest BCUT2D eigenvalue weighted by Gasteiger charge is -2.17. The summed E-state index contributed by atoms with van der Waals surface area (Å²) in [5.74, 6) is -0.992. The van der Waals surface area contributed by atoms with Crippen LogP contribution in [0.3, 0.4) is 0 Å². The third-order valence-electron chi connectivity index (χ3n) is 4.60. The second-order valence-corrected chi connectivity index (χ2v) is 7.27. The smallest absolute Gasteiger partial charge is 0.273 e. The molecule has 2 aromatic carbocycles. The molecule has 152 valence electrons. The molecule has 0 aliphatic carbocycles. The molecule has 1 unspecified atom stereocenters. The van der Waals surface area contributed by atoms with Gasteiger partial charge in [0.05, 0.1) is 17.6 Å². The van der Waals surface area contributed by atoms with Gasteiger partial charge in [0.25, 0.3) is 5.91 Å². The number of amides is 3. The lowest BCUT2D eigenvalue weighted by atomic mass is 10.1. The van der Waals surface area contributed by atoms with Crippen LogP contribution in [0.4, 0.5) is 0 Å². The topological polar surface area (TPSA) is 87.7 Å². The number of ether oxygens (including phenoxy) is 1. The molecule has 0 spiro atoms. The van der Waals surface area contributed by atoms with Gasteiger partial charge in [0, 0.05) is 19.5 Å². The molecule has 2 N–H and O–H groups in total. The Labute approximate surface area is 170 Å². The highest BCUT2D eigenvalue weighted by Gasteiger charge is 2.34. The minimum Gasteiger partial charge on any atom is -0.490 e. The van der Waals surface area contributed by atoms with Crippen LogP contribution in [-0.2, 0) is 16.1 Å². The number of carbonyl (C=O) groups is 3. The van der Waals surface area contributed by atoms with Crippen LogP contribution >= 0.6 is 0 Å². The van der Waals surface area contributed by atoms with Crippen LogP contribution in [0.15, 0.2) is 54.6 Å². The van der Waals surface area contributed by atoms with E-state index in [4.69, 9.17) is 4.74 Å². The van der Waals surface area contributed by atoms with Gasteiger partial charge in [-0.05, 0) is 31.5 Å². The van der Waals surface area contributed by atoms with Crippen LogP contribution in [0.5, 0.6) is 5.75 Å². The minimum absolute atomic E-state index is 0.0731. The van der Waals surface area contributed by atoms with E-state index in [1.165, 1.54) is 0 Å². The summed E-state index contributed by atoms with van der Waals surface area (Å²) in [5.41, 5.74) is 6.20. The molecule has 1 saturated heterocycles. The summed E-state index contributed by atoms with van der Waals surface area (Å²) < 4.78 is 5.63. The van der Waals surface area contributed by atoms with Crippen molar-refractivity contribution in [1.29, 1.82) is 0 Å². The maximum Gasteiger partial charge on any atom is 0.273 e. The van der Waals surface area contributed by atoms with Gasteiger partial charge in [0.1, 0.15) is 5.75 Å². The largest absolute Gasteiger partial charge is 0.490 e. The van der Waals surface area contributed by atoms with Gasteiger partial charge in [0.15, 0.2) is 0 Å². The van der Waals surface area contributed by atoms with E-state index in [2.05, 4.69) is 10.9 Å². The molecule has 3 amide bonds. The number of likely N-dealkylation sites (tertiary alicyclic amines) is 1. The first kappa shape index (κ1) is 20.4. The normalized spacial score (nSPS) is 16.0. The molecule has 0 aromatic heterocycles. The van der Waals surface area contributed by atoms with Crippen molar-refractivity contribution in [1.82, 2.24) is 15.8 Å². The Balaban J connectivity index is 1.55. The summed E-state index contributed by atoms with van der Waals surface area (Å²) in [6, 6.07) is 16.5. The standard InChI is InChI=1S/C22H25N3O4/c1-15(2)29-19-11-7-6-10-18(19)22(28)24-23-21(27)17-12-20(26)25(14-17)13-16-8-4-3-5-9-16/h3-11,15,17H,12-14H2,1-2H3,(H,23,27)(H,24,28). The van der Waals surface area contributed by atoms with Crippen molar-refractivity contribution in [2.75, 3.05) is 6.54 Å². The van der Waals surface area contributed by atoms with Gasteiger partial charge in [-0.3, -0.25) is 25.2 Å². The summed E-state index contributed by atoms with van der Waals surface area (Å²) in [6.45, 7) is 4.53. The summed E-state index contributed by atoms with van der Waals surface area (Å²) >= 11 is 0. The Hall–Kier alpha value is -3.35. The zero-order chi connectivity index (χ0) is 20.8. The average molecular weight is 395 g/mol. The van der Waals surface area contributed by atoms with Crippen LogP contribution in [0.1, 0.15) is 36.2 Å². The fourth-order valence-electron chi connectivity index (χ4n) is 3.20. The molecule has 1 atom stereocenters. The Morgan fingerprint density at radius 2 is 1.76 bits per heavy atom. The van der Waals surface area contributed by atoms with Gasteiger partial charge in [-0.15, -0.1) is 0 Å². The van der Waals surface area contributed by atoms with E-state index in [9.17, 15) is 14.4 Å². The Morgan fingerprint density at radius 1 is 1.07 bits per heavy atom. The van der Waals surface area contributed by atoms with E-state index in [0.717, 1.165) is 5.56 Å². The highest BCUT2D eigenvalue weighted by atomic mass is 16.5. The fourth-order valence-corrected chi connectivity index (χ4v) is 3.20. The molecule has 7 heteroatoms. The van der Waals surface area contributed by atoms with Crippen LogP contribution < -0.4 is 15.6 Å². The highest BCUT2D eigenvalue weighted by molar-refractivity contribution is 5.98. The molecule has 1 aliphatic heterocycles. The number of benzene rings is 2. The van der Waals surface area contributed by atoms with E-state index >= 15 is 0 Å². The van der Waals surface area contributed by atoms with Gasteiger partial charge < -0.3 is 9.64 Å². The zero-order valence-electron chi connectivity index (χ0n) is 16.6. The van der Waals surface area contributed by atoms with Crippen LogP contribution in [0.2, 0.25) is 0 Å². The summed E-state index contributed by atoms with van der Waals surface area (Å²) in [5, 5.41) is 0. The minimum atomic E-state index is -0.506. The van der Waals surface area contributed by atoms with Gasteiger partial charge >= 0.3 is 0 Å². The predicted octanol–water partition coefficient (Wildman–Crippen LogP) is 2.28. The second kappa shape index (κ2) is 9.23. The monoisotopic (exact) mass is 395 g/mol. The second-order valence-electron chi connectivity index (χ2n) is 7.27. The first-order valence-electron chi connectivity index (χ1n) is 9.61. The SMILES string of the molecule is CC(C)Oc1ccccc1C(=O)NNC(=O)C1CC(=O)N(Cc2ccccc2)C1. The van der Waals surface area contributed by atoms with E-state index in [1.807, 2.05) is 44.2 Å². The average Bonchev–Trinajstić information content (AvgIpc) is 3.07. The van der Waals surface area contributed by atoms with Crippen LogP contribution in [-0.4, -0.2) is 35.3 Å². The van der Waals surface area contributed by atoms with E-state index in [-0.39, 0.29) is 24.3 Å². The molecule has 1 heterocycles. The lowest BCUT2D eigenvalue weighted by molar-refractivity contribution is -0.129. The van der Waals surface area contributed by atoms with Crippen molar-refractivity contribution in [3.05, 3.63) is 65.7 Å². The first-order valence-corrected chi connectivity index (χ1v) is 9.61. The lowest BCUT2D eigenvalue weighted by Crippen LogP contribution is -2.45. The molecule has 1 fully saturated rings. The number of hydrogen-bond donors (Lipinski definition) is 2. The Bertz CT molecular complexity index is 883. The molecular weight excluding hydrogens is 370 g/mol.